The van der Waals surface area contributed by atoms with Gasteiger partial charge in [-0.05, 0) is 18.1 Å². The number of allylic oxidation sites excluding steroid dienone is 1. The van der Waals surface area contributed by atoms with E-state index in [1.165, 1.54) is 0 Å². The number of amides is 1. The standard InChI is InChI=1S/C20H22BrNO2/c1-17(19-12-6-3-7-13-19)22(15-9-8-14-21)20(23)24-16-18-10-4-2-5-11-18/h2-13,17H,14-16H2,1H3/b9-8+/t17-/m0/s1. The smallest absolute Gasteiger partial charge is 0.410 e. The third-order valence-corrected chi connectivity index (χ3v) is 4.12. The van der Waals surface area contributed by atoms with Crippen molar-refractivity contribution in [1.82, 2.24) is 4.90 Å². The third kappa shape index (κ3) is 5.53. The molecule has 0 radical (unpaired) electrons. The highest BCUT2D eigenvalue weighted by molar-refractivity contribution is 9.09. The van der Waals surface area contributed by atoms with E-state index in [2.05, 4.69) is 15.9 Å². The van der Waals surface area contributed by atoms with Gasteiger partial charge in [-0.3, -0.25) is 4.90 Å². The summed E-state index contributed by atoms with van der Waals surface area (Å²) >= 11 is 3.36. The average molecular weight is 388 g/mol. The molecule has 0 aliphatic heterocycles. The first kappa shape index (κ1) is 18.3. The van der Waals surface area contributed by atoms with Gasteiger partial charge >= 0.3 is 6.09 Å². The lowest BCUT2D eigenvalue weighted by atomic mass is 10.1. The van der Waals surface area contributed by atoms with Crippen molar-refractivity contribution in [3.05, 3.63) is 83.9 Å². The van der Waals surface area contributed by atoms with Crippen LogP contribution in [0, 0.1) is 0 Å². The fraction of sp³-hybridized carbons (Fsp3) is 0.250. The van der Waals surface area contributed by atoms with Crippen molar-refractivity contribution < 1.29 is 9.53 Å². The van der Waals surface area contributed by atoms with Gasteiger partial charge in [-0.25, -0.2) is 4.79 Å². The molecule has 1 amide bonds. The molecule has 24 heavy (non-hydrogen) atoms. The molecule has 2 aromatic carbocycles. The van der Waals surface area contributed by atoms with Crippen LogP contribution in [0.2, 0.25) is 0 Å². The Morgan fingerprint density at radius 3 is 2.33 bits per heavy atom. The fourth-order valence-electron chi connectivity index (χ4n) is 2.36. The number of rotatable bonds is 7. The van der Waals surface area contributed by atoms with Gasteiger partial charge in [-0.2, -0.15) is 0 Å². The molecule has 0 heterocycles. The summed E-state index contributed by atoms with van der Waals surface area (Å²) in [5, 5.41) is 0.764. The number of hydrogen-bond donors (Lipinski definition) is 0. The van der Waals surface area contributed by atoms with E-state index in [1.807, 2.05) is 79.7 Å². The predicted octanol–water partition coefficient (Wildman–Crippen LogP) is 5.34. The molecule has 0 N–H and O–H groups in total. The van der Waals surface area contributed by atoms with Gasteiger partial charge in [0, 0.05) is 11.9 Å². The highest BCUT2D eigenvalue weighted by atomic mass is 79.9. The molecule has 2 aromatic rings. The minimum absolute atomic E-state index is 0.0607. The quantitative estimate of drug-likeness (QED) is 0.474. The lowest BCUT2D eigenvalue weighted by molar-refractivity contribution is 0.0877. The summed E-state index contributed by atoms with van der Waals surface area (Å²) in [6.45, 7) is 2.80. The lowest BCUT2D eigenvalue weighted by Crippen LogP contribution is -2.34. The first-order chi connectivity index (χ1) is 11.7. The molecule has 3 nitrogen and oxygen atoms in total. The van der Waals surface area contributed by atoms with Gasteiger partial charge in [0.05, 0.1) is 6.04 Å². The van der Waals surface area contributed by atoms with Gasteiger partial charge < -0.3 is 4.74 Å². The molecule has 1 atom stereocenters. The predicted molar refractivity (Wildman–Crippen MR) is 101 cm³/mol. The van der Waals surface area contributed by atoms with Gasteiger partial charge in [-0.1, -0.05) is 88.7 Å². The number of nitrogens with zero attached hydrogens (tertiary/aromatic N) is 1. The molecule has 0 aromatic heterocycles. The summed E-state index contributed by atoms with van der Waals surface area (Å²) < 4.78 is 5.50. The van der Waals surface area contributed by atoms with Crippen LogP contribution in [0.3, 0.4) is 0 Å². The van der Waals surface area contributed by atoms with Crippen molar-refractivity contribution >= 4 is 22.0 Å². The number of halogens is 1. The van der Waals surface area contributed by atoms with E-state index < -0.39 is 0 Å². The Bertz CT molecular complexity index is 643. The summed E-state index contributed by atoms with van der Waals surface area (Å²) in [5.41, 5.74) is 2.07. The zero-order valence-electron chi connectivity index (χ0n) is 13.8. The van der Waals surface area contributed by atoms with Crippen molar-refractivity contribution in [3.63, 3.8) is 0 Å². The van der Waals surface area contributed by atoms with Crippen LogP contribution >= 0.6 is 15.9 Å². The monoisotopic (exact) mass is 387 g/mol. The molecule has 0 bridgehead atoms. The number of ether oxygens (including phenoxy) is 1. The molecule has 0 spiro atoms. The second-order valence-corrected chi connectivity index (χ2v) is 6.05. The van der Waals surface area contributed by atoms with E-state index in [1.54, 1.807) is 4.90 Å². The van der Waals surface area contributed by atoms with Crippen LogP contribution in [-0.2, 0) is 11.3 Å². The molecule has 0 aliphatic carbocycles. The topological polar surface area (TPSA) is 29.5 Å². The largest absolute Gasteiger partial charge is 0.445 e. The van der Waals surface area contributed by atoms with Gasteiger partial charge in [0.2, 0.25) is 0 Å². The number of hydrogen-bond acceptors (Lipinski definition) is 2. The van der Waals surface area contributed by atoms with Gasteiger partial charge in [0.1, 0.15) is 6.61 Å². The Morgan fingerprint density at radius 2 is 1.71 bits per heavy atom. The van der Waals surface area contributed by atoms with Crippen molar-refractivity contribution in [1.29, 1.82) is 0 Å². The summed E-state index contributed by atoms with van der Waals surface area (Å²) in [7, 11) is 0. The second kappa shape index (κ2) is 9.93. The zero-order valence-corrected chi connectivity index (χ0v) is 15.4. The molecule has 0 saturated carbocycles. The molecular weight excluding hydrogens is 366 g/mol. The molecular formula is C20H22BrNO2. The van der Waals surface area contributed by atoms with Crippen molar-refractivity contribution in [3.8, 4) is 0 Å². The average Bonchev–Trinajstić information content (AvgIpc) is 2.64. The maximum Gasteiger partial charge on any atom is 0.410 e. The van der Waals surface area contributed by atoms with Gasteiger partial charge in [0.15, 0.2) is 0 Å². The van der Waals surface area contributed by atoms with Crippen LogP contribution in [0.5, 0.6) is 0 Å². The molecule has 0 aliphatic rings. The van der Waals surface area contributed by atoms with E-state index in [-0.39, 0.29) is 18.7 Å². The van der Waals surface area contributed by atoms with E-state index >= 15 is 0 Å². The van der Waals surface area contributed by atoms with Crippen molar-refractivity contribution in [2.24, 2.45) is 0 Å². The highest BCUT2D eigenvalue weighted by Crippen LogP contribution is 2.21. The van der Waals surface area contributed by atoms with Crippen LogP contribution in [0.1, 0.15) is 24.1 Å². The number of alkyl halides is 1. The van der Waals surface area contributed by atoms with Crippen LogP contribution in [0.15, 0.2) is 72.8 Å². The third-order valence-electron chi connectivity index (χ3n) is 3.75. The van der Waals surface area contributed by atoms with E-state index in [4.69, 9.17) is 4.74 Å². The Kier molecular flexibility index (Phi) is 7.56. The molecule has 2 rings (SSSR count). The van der Waals surface area contributed by atoms with Crippen molar-refractivity contribution in [2.75, 3.05) is 11.9 Å². The summed E-state index contributed by atoms with van der Waals surface area (Å²) in [5.74, 6) is 0. The van der Waals surface area contributed by atoms with Crippen LogP contribution in [-0.4, -0.2) is 22.9 Å². The van der Waals surface area contributed by atoms with Crippen LogP contribution < -0.4 is 0 Å². The molecule has 0 fully saturated rings. The second-order valence-electron chi connectivity index (χ2n) is 5.40. The molecule has 4 heteroatoms. The number of carbonyl (C=O) groups is 1. The van der Waals surface area contributed by atoms with Gasteiger partial charge in [-0.15, -0.1) is 0 Å². The summed E-state index contributed by atoms with van der Waals surface area (Å²) in [4.78, 5) is 14.3. The SMILES string of the molecule is C[C@@H](c1ccccc1)N(C/C=C/CBr)C(=O)OCc1ccccc1. The molecule has 0 unspecified atom stereocenters. The minimum Gasteiger partial charge on any atom is -0.445 e. The maximum atomic E-state index is 12.6. The minimum atomic E-state index is -0.311. The Labute approximate surface area is 152 Å². The highest BCUT2D eigenvalue weighted by Gasteiger charge is 2.21. The summed E-state index contributed by atoms with van der Waals surface area (Å²) in [6, 6.07) is 19.6. The van der Waals surface area contributed by atoms with Crippen molar-refractivity contribution in [2.45, 2.75) is 19.6 Å². The van der Waals surface area contributed by atoms with Crippen LogP contribution in [0.4, 0.5) is 4.79 Å². The summed E-state index contributed by atoms with van der Waals surface area (Å²) in [6.07, 6.45) is 3.64. The number of benzene rings is 2. The molecule has 0 saturated heterocycles. The van der Waals surface area contributed by atoms with E-state index in [9.17, 15) is 4.79 Å². The Hall–Kier alpha value is -2.07. The Balaban J connectivity index is 2.06. The van der Waals surface area contributed by atoms with Crippen LogP contribution in [0.25, 0.3) is 0 Å². The van der Waals surface area contributed by atoms with Gasteiger partial charge in [0.25, 0.3) is 0 Å². The fourth-order valence-corrected chi connectivity index (χ4v) is 2.62. The zero-order chi connectivity index (χ0) is 17.2. The Morgan fingerprint density at radius 1 is 1.08 bits per heavy atom. The first-order valence-electron chi connectivity index (χ1n) is 7.95. The number of carbonyl (C=O) groups excluding carboxylic acids is 1. The lowest BCUT2D eigenvalue weighted by Gasteiger charge is -2.28. The van der Waals surface area contributed by atoms with E-state index in [0.717, 1.165) is 16.5 Å². The maximum absolute atomic E-state index is 12.6. The van der Waals surface area contributed by atoms with E-state index in [0.29, 0.717) is 6.54 Å². The normalized spacial score (nSPS) is 12.1. The first-order valence-corrected chi connectivity index (χ1v) is 9.07. The molecule has 126 valence electrons.